The second-order valence-corrected chi connectivity index (χ2v) is 5.77. The Morgan fingerprint density at radius 3 is 2.81 bits per heavy atom. The van der Waals surface area contributed by atoms with Gasteiger partial charge in [-0.2, -0.15) is 5.10 Å². The molecule has 2 N–H and O–H groups in total. The van der Waals surface area contributed by atoms with E-state index in [1.54, 1.807) is 42.5 Å². The van der Waals surface area contributed by atoms with Gasteiger partial charge in [0.25, 0.3) is 5.91 Å². The fourth-order valence-corrected chi connectivity index (χ4v) is 2.90. The first-order valence-electron chi connectivity index (χ1n) is 8.20. The van der Waals surface area contributed by atoms with Crippen LogP contribution in [-0.4, -0.2) is 39.9 Å². The van der Waals surface area contributed by atoms with Crippen molar-refractivity contribution in [3.63, 3.8) is 0 Å². The average molecular weight is 363 g/mol. The Morgan fingerprint density at radius 1 is 1.19 bits per heavy atom. The largest absolute Gasteiger partial charge is 0.497 e. The molecule has 1 amide bonds. The molecule has 0 fully saturated rings. The lowest BCUT2D eigenvalue weighted by Gasteiger charge is -2.10. The molecule has 0 aliphatic carbocycles. The summed E-state index contributed by atoms with van der Waals surface area (Å²) in [6.45, 7) is 0. The van der Waals surface area contributed by atoms with E-state index >= 15 is 0 Å². The molecule has 0 radical (unpaired) electrons. The van der Waals surface area contributed by atoms with Crippen molar-refractivity contribution in [1.29, 1.82) is 0 Å². The number of amides is 1. The first-order valence-corrected chi connectivity index (χ1v) is 8.20. The number of hydrogen-bond donors (Lipinski definition) is 2. The Labute approximate surface area is 154 Å². The molecule has 0 saturated carbocycles. The summed E-state index contributed by atoms with van der Waals surface area (Å²) in [7, 11) is 3.11. The molecule has 0 spiro atoms. The maximum atomic E-state index is 12.8. The van der Waals surface area contributed by atoms with Crippen molar-refractivity contribution in [1.82, 2.24) is 19.7 Å². The summed E-state index contributed by atoms with van der Waals surface area (Å²) in [5, 5.41) is 7.86. The Morgan fingerprint density at radius 2 is 2.07 bits per heavy atom. The highest BCUT2D eigenvalue weighted by atomic mass is 16.5. The molecule has 0 atom stereocenters. The van der Waals surface area contributed by atoms with E-state index in [2.05, 4.69) is 20.4 Å². The summed E-state index contributed by atoms with van der Waals surface area (Å²) in [6.07, 6.45) is 6.75. The topological polar surface area (TPSA) is 94.1 Å². The summed E-state index contributed by atoms with van der Waals surface area (Å²) >= 11 is 0. The van der Waals surface area contributed by atoms with Crippen LogP contribution in [0.3, 0.4) is 0 Å². The van der Waals surface area contributed by atoms with Crippen LogP contribution in [0, 0.1) is 0 Å². The predicted octanol–water partition coefficient (Wildman–Crippen LogP) is 3.02. The third-order valence-corrected chi connectivity index (χ3v) is 4.16. The van der Waals surface area contributed by atoms with Gasteiger partial charge in [-0.25, -0.2) is 9.67 Å². The van der Waals surface area contributed by atoms with E-state index < -0.39 is 0 Å². The molecule has 0 saturated heterocycles. The van der Waals surface area contributed by atoms with E-state index in [1.807, 2.05) is 24.4 Å². The molecule has 1 aromatic carbocycles. The Hall–Kier alpha value is -3.81. The summed E-state index contributed by atoms with van der Waals surface area (Å²) in [5.74, 6) is 0.797. The van der Waals surface area contributed by atoms with Crippen LogP contribution < -0.4 is 14.8 Å². The molecule has 3 heterocycles. The number of anilines is 1. The van der Waals surface area contributed by atoms with Gasteiger partial charge in [-0.3, -0.25) is 4.79 Å². The molecule has 8 heteroatoms. The highest BCUT2D eigenvalue weighted by Crippen LogP contribution is 2.27. The van der Waals surface area contributed by atoms with Crippen molar-refractivity contribution in [3.8, 4) is 17.3 Å². The van der Waals surface area contributed by atoms with Gasteiger partial charge >= 0.3 is 0 Å². The minimum absolute atomic E-state index is 0.255. The number of H-pyrrole nitrogens is 1. The zero-order chi connectivity index (χ0) is 18.8. The van der Waals surface area contributed by atoms with E-state index in [-0.39, 0.29) is 5.91 Å². The third-order valence-electron chi connectivity index (χ3n) is 4.16. The number of nitrogens with one attached hydrogen (secondary N) is 2. The van der Waals surface area contributed by atoms with E-state index in [0.29, 0.717) is 28.4 Å². The zero-order valence-electron chi connectivity index (χ0n) is 14.8. The molecule has 4 rings (SSSR count). The normalized spacial score (nSPS) is 10.7. The molecule has 0 bridgehead atoms. The molecular formula is C19H17N5O3. The number of carbonyl (C=O) groups excluding carboxylic acids is 1. The van der Waals surface area contributed by atoms with Gasteiger partial charge < -0.3 is 19.8 Å². The highest BCUT2D eigenvalue weighted by molar-refractivity contribution is 6.13. The van der Waals surface area contributed by atoms with Crippen molar-refractivity contribution in [2.45, 2.75) is 0 Å². The maximum absolute atomic E-state index is 12.8. The number of fused-ring (bicyclic) bond motifs is 1. The van der Waals surface area contributed by atoms with Crippen molar-refractivity contribution in [3.05, 3.63) is 60.7 Å². The van der Waals surface area contributed by atoms with E-state index in [4.69, 9.17) is 9.47 Å². The van der Waals surface area contributed by atoms with Gasteiger partial charge in [0.05, 0.1) is 25.5 Å². The van der Waals surface area contributed by atoms with Crippen LogP contribution >= 0.6 is 0 Å². The monoisotopic (exact) mass is 363 g/mol. The minimum atomic E-state index is -0.255. The van der Waals surface area contributed by atoms with E-state index in [1.165, 1.54) is 7.11 Å². The Bertz CT molecular complexity index is 1100. The maximum Gasteiger partial charge on any atom is 0.257 e. The van der Waals surface area contributed by atoms with Crippen molar-refractivity contribution >= 4 is 22.5 Å². The minimum Gasteiger partial charge on any atom is -0.497 e. The molecule has 0 aliphatic rings. The molecule has 8 nitrogen and oxygen atoms in total. The lowest BCUT2D eigenvalue weighted by molar-refractivity contribution is 0.102. The van der Waals surface area contributed by atoms with E-state index in [9.17, 15) is 4.79 Å². The fraction of sp³-hybridized carbons (Fsp3) is 0.105. The van der Waals surface area contributed by atoms with Crippen LogP contribution in [0.15, 0.2) is 55.1 Å². The SMILES string of the molecule is COc1cc(NC(=O)c2c[nH]c3c(OC)nccc23)cc(-n2cccn2)c1. The van der Waals surface area contributed by atoms with Gasteiger partial charge in [0, 0.05) is 48.0 Å². The number of pyridine rings is 1. The second kappa shape index (κ2) is 6.83. The van der Waals surface area contributed by atoms with Gasteiger partial charge in [-0.1, -0.05) is 0 Å². The summed E-state index contributed by atoms with van der Waals surface area (Å²) in [6, 6.07) is 9.01. The standard InChI is InChI=1S/C19H17N5O3/c1-26-14-9-12(8-13(10-14)24-7-3-5-22-24)23-18(25)16-11-21-17-15(16)4-6-20-19(17)27-2/h3-11,21H,1-2H3,(H,23,25). The number of methoxy groups -OCH3 is 2. The van der Waals surface area contributed by atoms with Crippen LogP contribution in [0.1, 0.15) is 10.4 Å². The predicted molar refractivity (Wildman–Crippen MR) is 101 cm³/mol. The molecule has 4 aromatic rings. The van der Waals surface area contributed by atoms with Gasteiger partial charge in [0.2, 0.25) is 5.88 Å². The van der Waals surface area contributed by atoms with E-state index in [0.717, 1.165) is 11.1 Å². The van der Waals surface area contributed by atoms with Crippen LogP contribution in [0.4, 0.5) is 5.69 Å². The van der Waals surface area contributed by atoms with Crippen LogP contribution in [0.5, 0.6) is 11.6 Å². The smallest absolute Gasteiger partial charge is 0.257 e. The van der Waals surface area contributed by atoms with Crippen LogP contribution in [0.25, 0.3) is 16.6 Å². The molecule has 136 valence electrons. The summed E-state index contributed by atoms with van der Waals surface area (Å²) in [5.41, 5.74) is 2.54. The number of carbonyl (C=O) groups is 1. The summed E-state index contributed by atoms with van der Waals surface area (Å²) in [4.78, 5) is 20.0. The molecule has 27 heavy (non-hydrogen) atoms. The number of ether oxygens (including phenoxy) is 2. The van der Waals surface area contributed by atoms with Crippen molar-refractivity contribution in [2.75, 3.05) is 19.5 Å². The fourth-order valence-electron chi connectivity index (χ4n) is 2.90. The molecule has 3 aromatic heterocycles. The molecular weight excluding hydrogens is 346 g/mol. The number of aromatic amines is 1. The third kappa shape index (κ3) is 3.08. The lowest BCUT2D eigenvalue weighted by Crippen LogP contribution is -2.12. The average Bonchev–Trinajstić information content (AvgIpc) is 3.37. The zero-order valence-corrected chi connectivity index (χ0v) is 14.8. The number of aromatic nitrogens is 4. The molecule has 0 aliphatic heterocycles. The first-order chi connectivity index (χ1) is 13.2. The number of rotatable bonds is 5. The van der Waals surface area contributed by atoms with Gasteiger partial charge in [0.1, 0.15) is 11.3 Å². The second-order valence-electron chi connectivity index (χ2n) is 5.77. The Kier molecular flexibility index (Phi) is 4.21. The Balaban J connectivity index is 1.68. The van der Waals surface area contributed by atoms with Crippen LogP contribution in [0.2, 0.25) is 0 Å². The summed E-state index contributed by atoms with van der Waals surface area (Å²) < 4.78 is 12.3. The highest BCUT2D eigenvalue weighted by Gasteiger charge is 2.16. The van der Waals surface area contributed by atoms with Gasteiger partial charge in [-0.15, -0.1) is 0 Å². The van der Waals surface area contributed by atoms with Gasteiger partial charge in [-0.05, 0) is 18.2 Å². The quantitative estimate of drug-likeness (QED) is 0.568. The number of benzene rings is 1. The number of hydrogen-bond acceptors (Lipinski definition) is 5. The van der Waals surface area contributed by atoms with Crippen molar-refractivity contribution in [2.24, 2.45) is 0 Å². The number of nitrogens with zero attached hydrogens (tertiary/aromatic N) is 3. The molecule has 0 unspecified atom stereocenters. The van der Waals surface area contributed by atoms with Gasteiger partial charge in [0.15, 0.2) is 0 Å². The van der Waals surface area contributed by atoms with Crippen LogP contribution in [-0.2, 0) is 0 Å². The van der Waals surface area contributed by atoms with Crippen molar-refractivity contribution < 1.29 is 14.3 Å². The lowest BCUT2D eigenvalue weighted by atomic mass is 10.2. The first kappa shape index (κ1) is 16.6.